The predicted octanol–water partition coefficient (Wildman–Crippen LogP) is 0.922. The van der Waals surface area contributed by atoms with Gasteiger partial charge in [-0.2, -0.15) is 0 Å². The zero-order valence-electron chi connectivity index (χ0n) is 9.31. The fourth-order valence-corrected chi connectivity index (χ4v) is 2.12. The van der Waals surface area contributed by atoms with Crippen molar-refractivity contribution >= 4 is 17.3 Å². The third-order valence-corrected chi connectivity index (χ3v) is 2.97. The number of carbonyl (C=O) groups excluding carboxylic acids is 1. The Balaban J connectivity index is 2.28. The van der Waals surface area contributed by atoms with E-state index in [1.807, 2.05) is 19.1 Å². The van der Waals surface area contributed by atoms with Gasteiger partial charge in [-0.25, -0.2) is 0 Å². The van der Waals surface area contributed by atoms with Crippen molar-refractivity contribution in [2.75, 3.05) is 23.8 Å². The third kappa shape index (κ3) is 1.88. The Labute approximate surface area is 94.7 Å². The fourth-order valence-electron chi connectivity index (χ4n) is 2.12. The summed E-state index contributed by atoms with van der Waals surface area (Å²) in [6.45, 7) is 2.60. The molecular weight excluding hydrogens is 204 g/mol. The minimum atomic E-state index is 0.0597. The fraction of sp³-hybridized carbons (Fsp3) is 0.417. The maximum atomic E-state index is 11.8. The van der Waals surface area contributed by atoms with Crippen molar-refractivity contribution in [3.8, 4) is 0 Å². The minimum Gasteiger partial charge on any atom is -0.399 e. The summed E-state index contributed by atoms with van der Waals surface area (Å²) in [5.41, 5.74) is 8.26. The van der Waals surface area contributed by atoms with Gasteiger partial charge in [-0.3, -0.25) is 4.79 Å². The van der Waals surface area contributed by atoms with Crippen LogP contribution in [0.25, 0.3) is 0 Å². The lowest BCUT2D eigenvalue weighted by Gasteiger charge is -2.19. The average molecular weight is 220 g/mol. The Morgan fingerprint density at radius 2 is 2.31 bits per heavy atom. The van der Waals surface area contributed by atoms with Crippen LogP contribution in [0.4, 0.5) is 11.4 Å². The zero-order chi connectivity index (χ0) is 11.7. The highest BCUT2D eigenvalue weighted by Gasteiger charge is 2.30. The smallest absolute Gasteiger partial charge is 0.227 e. The van der Waals surface area contributed by atoms with Crippen molar-refractivity contribution in [2.45, 2.75) is 13.3 Å². The molecule has 1 fully saturated rings. The summed E-state index contributed by atoms with van der Waals surface area (Å²) >= 11 is 0. The number of rotatable bonds is 2. The van der Waals surface area contributed by atoms with Gasteiger partial charge in [0.25, 0.3) is 0 Å². The van der Waals surface area contributed by atoms with E-state index in [0.717, 1.165) is 11.3 Å². The van der Waals surface area contributed by atoms with Crippen molar-refractivity contribution < 1.29 is 9.90 Å². The number of amides is 1. The average Bonchev–Trinajstić information content (AvgIpc) is 2.60. The molecule has 1 heterocycles. The van der Waals surface area contributed by atoms with Gasteiger partial charge in [-0.1, -0.05) is 0 Å². The number of hydrogen-bond acceptors (Lipinski definition) is 3. The van der Waals surface area contributed by atoms with Crippen LogP contribution >= 0.6 is 0 Å². The molecule has 2 rings (SSSR count). The quantitative estimate of drug-likeness (QED) is 0.728. The van der Waals surface area contributed by atoms with E-state index in [1.54, 1.807) is 11.0 Å². The molecule has 1 saturated heterocycles. The first-order valence-electron chi connectivity index (χ1n) is 5.39. The minimum absolute atomic E-state index is 0.0597. The number of nitrogen functional groups attached to an aromatic ring is 1. The first-order chi connectivity index (χ1) is 7.61. The van der Waals surface area contributed by atoms with Gasteiger partial charge >= 0.3 is 0 Å². The topological polar surface area (TPSA) is 66.6 Å². The number of nitrogens with zero attached hydrogens (tertiary/aromatic N) is 1. The van der Waals surface area contributed by atoms with E-state index in [9.17, 15) is 4.79 Å². The van der Waals surface area contributed by atoms with Crippen molar-refractivity contribution in [1.29, 1.82) is 0 Å². The standard InChI is InChI=1S/C12H16N2O2/c1-8-4-10(13)2-3-11(8)14-6-9(7-15)5-12(14)16/h2-4,9,15H,5-7,13H2,1H3. The Morgan fingerprint density at radius 1 is 1.56 bits per heavy atom. The molecule has 1 unspecified atom stereocenters. The summed E-state index contributed by atoms with van der Waals surface area (Å²) in [5, 5.41) is 9.06. The van der Waals surface area contributed by atoms with Gasteiger partial charge in [0, 0.05) is 36.9 Å². The lowest BCUT2D eigenvalue weighted by Crippen LogP contribution is -2.25. The van der Waals surface area contributed by atoms with Crippen LogP contribution in [0.15, 0.2) is 18.2 Å². The highest BCUT2D eigenvalue weighted by molar-refractivity contribution is 5.96. The number of anilines is 2. The number of nitrogens with two attached hydrogens (primary N) is 1. The zero-order valence-corrected chi connectivity index (χ0v) is 9.31. The summed E-state index contributed by atoms with van der Waals surface area (Å²) < 4.78 is 0. The summed E-state index contributed by atoms with van der Waals surface area (Å²) in [4.78, 5) is 13.5. The highest BCUT2D eigenvalue weighted by atomic mass is 16.3. The molecule has 1 amide bonds. The molecule has 3 N–H and O–H groups in total. The molecule has 0 aromatic heterocycles. The van der Waals surface area contributed by atoms with Gasteiger partial charge in [0.2, 0.25) is 5.91 Å². The second-order valence-corrected chi connectivity index (χ2v) is 4.30. The van der Waals surface area contributed by atoms with Crippen LogP contribution in [0.2, 0.25) is 0 Å². The van der Waals surface area contributed by atoms with E-state index in [1.165, 1.54) is 0 Å². The van der Waals surface area contributed by atoms with E-state index < -0.39 is 0 Å². The van der Waals surface area contributed by atoms with E-state index in [0.29, 0.717) is 18.7 Å². The van der Waals surface area contributed by atoms with Gasteiger partial charge in [-0.15, -0.1) is 0 Å². The van der Waals surface area contributed by atoms with Crippen LogP contribution < -0.4 is 10.6 Å². The molecule has 0 saturated carbocycles. The molecule has 4 nitrogen and oxygen atoms in total. The van der Waals surface area contributed by atoms with E-state index in [4.69, 9.17) is 10.8 Å². The number of benzene rings is 1. The van der Waals surface area contributed by atoms with Crippen LogP contribution in [-0.4, -0.2) is 24.2 Å². The highest BCUT2D eigenvalue weighted by Crippen LogP contribution is 2.28. The van der Waals surface area contributed by atoms with Crippen LogP contribution in [0.5, 0.6) is 0 Å². The lowest BCUT2D eigenvalue weighted by atomic mass is 10.1. The number of aryl methyl sites for hydroxylation is 1. The van der Waals surface area contributed by atoms with E-state index >= 15 is 0 Å². The largest absolute Gasteiger partial charge is 0.399 e. The van der Waals surface area contributed by atoms with Crippen molar-refractivity contribution in [3.05, 3.63) is 23.8 Å². The summed E-state index contributed by atoms with van der Waals surface area (Å²) in [5.74, 6) is 0.136. The maximum Gasteiger partial charge on any atom is 0.227 e. The van der Waals surface area contributed by atoms with E-state index in [2.05, 4.69) is 0 Å². The normalized spacial score (nSPS) is 20.5. The van der Waals surface area contributed by atoms with Gasteiger partial charge < -0.3 is 15.7 Å². The molecule has 86 valence electrons. The molecule has 0 spiro atoms. The summed E-state index contributed by atoms with van der Waals surface area (Å²) in [6.07, 6.45) is 0.431. The van der Waals surface area contributed by atoms with Gasteiger partial charge in [0.1, 0.15) is 0 Å². The molecule has 16 heavy (non-hydrogen) atoms. The molecular formula is C12H16N2O2. The summed E-state index contributed by atoms with van der Waals surface area (Å²) in [7, 11) is 0. The molecule has 1 atom stereocenters. The predicted molar refractivity (Wildman–Crippen MR) is 63.1 cm³/mol. The van der Waals surface area contributed by atoms with Crippen LogP contribution in [0, 0.1) is 12.8 Å². The van der Waals surface area contributed by atoms with E-state index in [-0.39, 0.29) is 18.4 Å². The number of hydrogen-bond donors (Lipinski definition) is 2. The monoisotopic (exact) mass is 220 g/mol. The van der Waals surface area contributed by atoms with Crippen LogP contribution in [0.3, 0.4) is 0 Å². The molecule has 0 aliphatic carbocycles. The number of aliphatic hydroxyl groups excluding tert-OH is 1. The molecule has 1 aliphatic heterocycles. The molecule has 1 aromatic rings. The number of aliphatic hydroxyl groups is 1. The molecule has 0 bridgehead atoms. The Hall–Kier alpha value is -1.55. The second-order valence-electron chi connectivity index (χ2n) is 4.30. The first kappa shape index (κ1) is 11.0. The summed E-state index contributed by atoms with van der Waals surface area (Å²) in [6, 6.07) is 5.51. The molecule has 0 radical (unpaired) electrons. The molecule has 4 heteroatoms. The lowest BCUT2D eigenvalue weighted by molar-refractivity contribution is -0.117. The Bertz CT molecular complexity index is 417. The maximum absolute atomic E-state index is 11.8. The third-order valence-electron chi connectivity index (χ3n) is 2.97. The Morgan fingerprint density at radius 3 is 2.88 bits per heavy atom. The van der Waals surface area contributed by atoms with Gasteiger partial charge in [0.05, 0.1) is 0 Å². The SMILES string of the molecule is Cc1cc(N)ccc1N1CC(CO)CC1=O. The van der Waals surface area contributed by atoms with Crippen LogP contribution in [0.1, 0.15) is 12.0 Å². The van der Waals surface area contributed by atoms with Crippen molar-refractivity contribution in [3.63, 3.8) is 0 Å². The first-order valence-corrected chi connectivity index (χ1v) is 5.39. The number of carbonyl (C=O) groups is 1. The molecule has 1 aromatic carbocycles. The van der Waals surface area contributed by atoms with Crippen molar-refractivity contribution in [2.24, 2.45) is 5.92 Å². The van der Waals surface area contributed by atoms with Gasteiger partial charge in [0.15, 0.2) is 0 Å². The van der Waals surface area contributed by atoms with Crippen molar-refractivity contribution in [1.82, 2.24) is 0 Å². The Kier molecular flexibility index (Phi) is 2.83. The van der Waals surface area contributed by atoms with Crippen LogP contribution in [-0.2, 0) is 4.79 Å². The molecule has 1 aliphatic rings. The second kappa shape index (κ2) is 4.14. The van der Waals surface area contributed by atoms with Gasteiger partial charge in [-0.05, 0) is 30.7 Å².